The molecule has 0 aromatic heterocycles. The van der Waals surface area contributed by atoms with Gasteiger partial charge in [-0.15, -0.1) is 0 Å². The molecule has 0 radical (unpaired) electrons. The van der Waals surface area contributed by atoms with Gasteiger partial charge in [0, 0.05) is 39.8 Å². The van der Waals surface area contributed by atoms with Crippen LogP contribution in [-0.2, 0) is 95.8 Å². The number of carbonyl (C=O) groups excluding carboxylic acids is 6. The van der Waals surface area contributed by atoms with E-state index >= 15 is 9.59 Å². The summed E-state index contributed by atoms with van der Waals surface area (Å²) in [6.45, 7) is 17.7. The van der Waals surface area contributed by atoms with E-state index in [1.54, 1.807) is 101 Å². The monoisotopic (exact) mass is 1190 g/mol. The predicted octanol–water partition coefficient (Wildman–Crippen LogP) is 8.90. The van der Waals surface area contributed by atoms with E-state index in [0.29, 0.717) is 11.1 Å². The summed E-state index contributed by atoms with van der Waals surface area (Å²) in [6.07, 6.45) is -16.7. The zero-order valence-corrected chi connectivity index (χ0v) is 51.3. The average Bonchev–Trinajstić information content (AvgIpc) is 2.02. The van der Waals surface area contributed by atoms with E-state index in [1.165, 1.54) is 60.6 Å². The maximum absolute atomic E-state index is 15.1. The Morgan fingerprint density at radius 1 is 0.694 bits per heavy atom. The minimum absolute atomic E-state index is 0.0272. The topological polar surface area (TPSA) is 266 Å². The number of rotatable bonds is 18. The first-order chi connectivity index (χ1) is 40.0. The zero-order chi connectivity index (χ0) is 62.6. The van der Waals surface area contributed by atoms with Crippen LogP contribution in [0.3, 0.4) is 0 Å². The van der Waals surface area contributed by atoms with Gasteiger partial charge >= 0.3 is 36.3 Å². The Labute approximate surface area is 498 Å². The summed E-state index contributed by atoms with van der Waals surface area (Å²) in [4.78, 5) is 85.7. The first-order valence-corrected chi connectivity index (χ1v) is 28.9. The highest BCUT2D eigenvalue weighted by Gasteiger charge is 2.58. The van der Waals surface area contributed by atoms with Crippen molar-refractivity contribution in [2.24, 2.45) is 17.8 Å². The molecule has 3 aliphatic rings. The largest absolute Gasteiger partial charge is 0.509 e. The van der Waals surface area contributed by atoms with E-state index < -0.39 is 150 Å². The van der Waals surface area contributed by atoms with Gasteiger partial charge in [-0.2, -0.15) is 0 Å². The summed E-state index contributed by atoms with van der Waals surface area (Å²) in [7, 11) is 2.90. The number of aliphatic hydroxyl groups is 2. The molecule has 0 spiro atoms. The quantitative estimate of drug-likeness (QED) is 0.0889. The Kier molecular flexibility index (Phi) is 23.4. The van der Waals surface area contributed by atoms with Crippen molar-refractivity contribution in [2.45, 2.75) is 218 Å². The number of esters is 3. The lowest BCUT2D eigenvalue weighted by molar-refractivity contribution is -0.320. The third kappa shape index (κ3) is 17.9. The molecule has 3 aromatic carbocycles. The van der Waals surface area contributed by atoms with Crippen LogP contribution in [0.4, 0.5) is 14.4 Å². The standard InChI is InChI=1S/C63H87NO21/c1-15-47-63(12,72)52(79-42(7)65)40(5)55(67)85-62(11,36-60(8,9)71)51(38(3)49(39(4)54(66)80-47)81-48-32-61(10,73-14)53(41(6)78-48)84-59(70)76-35-45-29-23-18-24-30-45)83-56-50(82-58(69)75-34-44-27-21-17-22-28-44)46(31-37(2)77-56)64(13)57(68)74-33-43-25-19-16-20-26-43/h16-30,37-41,46-53,56,71-72H,15,31-36H2,1-14H3/t37-,38+,39-,40+,41+,46+,47+,48+,49+,50-,51-,52-,53+,56+,61-,62-,63-/m1/s1. The van der Waals surface area contributed by atoms with Crippen LogP contribution in [0.1, 0.15) is 125 Å². The van der Waals surface area contributed by atoms with Crippen molar-refractivity contribution in [3.63, 3.8) is 0 Å². The number of likely N-dealkylation sites (N-methyl/N-ethyl adjacent to an activating group) is 1. The SMILES string of the molecule is CC[C@@H]1OC(=O)[C@H](C)[C@@H](O[C@H]2C[C@@](C)(OC)[C@@H](OC(=O)OCc3ccccc3)[C@H](C)O2)[C@H](C)[C@@H](O[C@@H]2O[C@H](C)C[C@H](N(C)C(=O)OCc3ccccc3)[C@H]2OC(=O)OCc2ccccc2)[C@@](C)(CC(C)(C)O)OC(=O)[C@@H](C)[C@@H](OC(C)=O)[C@]1(C)O. The lowest BCUT2D eigenvalue weighted by Gasteiger charge is -2.50. The van der Waals surface area contributed by atoms with Crippen molar-refractivity contribution in [3.05, 3.63) is 108 Å². The number of amides is 1. The molecule has 3 heterocycles. The summed E-state index contributed by atoms with van der Waals surface area (Å²) < 4.78 is 80.9. The summed E-state index contributed by atoms with van der Waals surface area (Å²) in [5, 5.41) is 24.4. The Hall–Kier alpha value is -6.40. The Bertz CT molecular complexity index is 2670. The van der Waals surface area contributed by atoms with Gasteiger partial charge in [0.2, 0.25) is 0 Å². The van der Waals surface area contributed by atoms with E-state index in [0.717, 1.165) is 12.5 Å². The summed E-state index contributed by atoms with van der Waals surface area (Å²) in [5.74, 6) is -6.82. The van der Waals surface area contributed by atoms with Gasteiger partial charge in [0.25, 0.3) is 0 Å². The fourth-order valence-electron chi connectivity index (χ4n) is 11.7. The molecule has 17 atom stereocenters. The molecule has 0 saturated carbocycles. The molecule has 3 saturated heterocycles. The second-order valence-corrected chi connectivity index (χ2v) is 23.8. The van der Waals surface area contributed by atoms with E-state index in [2.05, 4.69) is 0 Å². The lowest BCUT2D eigenvalue weighted by atomic mass is 9.76. The molecular weight excluding hydrogens is 1110 g/mol. The average molecular weight is 1190 g/mol. The van der Waals surface area contributed by atoms with E-state index in [9.17, 15) is 29.4 Å². The third-order valence-corrected chi connectivity index (χ3v) is 16.0. The summed E-state index contributed by atoms with van der Waals surface area (Å²) in [5.41, 5.74) is -5.21. The second kappa shape index (κ2) is 29.3. The molecule has 22 heteroatoms. The molecule has 6 rings (SSSR count). The van der Waals surface area contributed by atoms with Crippen molar-refractivity contribution in [2.75, 3.05) is 14.2 Å². The first-order valence-electron chi connectivity index (χ1n) is 28.9. The van der Waals surface area contributed by atoms with E-state index in [4.69, 9.17) is 61.6 Å². The van der Waals surface area contributed by atoms with Crippen LogP contribution in [0.2, 0.25) is 0 Å². The van der Waals surface area contributed by atoms with Crippen LogP contribution in [0.15, 0.2) is 91.0 Å². The van der Waals surface area contributed by atoms with Crippen LogP contribution in [-0.4, -0.2) is 155 Å². The maximum atomic E-state index is 15.1. The van der Waals surface area contributed by atoms with Gasteiger partial charge in [-0.1, -0.05) is 105 Å². The molecule has 0 bridgehead atoms. The summed E-state index contributed by atoms with van der Waals surface area (Å²) >= 11 is 0. The van der Waals surface area contributed by atoms with Crippen LogP contribution < -0.4 is 0 Å². The Balaban J connectivity index is 1.48. The van der Waals surface area contributed by atoms with Gasteiger partial charge in [-0.3, -0.25) is 14.4 Å². The fourth-order valence-corrected chi connectivity index (χ4v) is 11.7. The van der Waals surface area contributed by atoms with Crippen LogP contribution in [0.25, 0.3) is 0 Å². The van der Waals surface area contributed by atoms with Gasteiger partial charge in [0.05, 0.1) is 41.8 Å². The molecule has 2 N–H and O–H groups in total. The number of methoxy groups -OCH3 is 1. The molecular formula is C63H87NO21. The number of nitrogens with zero attached hydrogens (tertiary/aromatic N) is 1. The van der Waals surface area contributed by atoms with E-state index in [1.807, 2.05) is 24.3 Å². The zero-order valence-electron chi connectivity index (χ0n) is 51.3. The Morgan fingerprint density at radius 2 is 1.22 bits per heavy atom. The number of hydrogen-bond acceptors (Lipinski definition) is 21. The normalized spacial score (nSPS) is 33.0. The molecule has 470 valence electrons. The predicted molar refractivity (Wildman–Crippen MR) is 303 cm³/mol. The number of carbonyl (C=O) groups is 6. The van der Waals surface area contributed by atoms with Crippen LogP contribution in [0, 0.1) is 17.8 Å². The van der Waals surface area contributed by atoms with Crippen LogP contribution in [0.5, 0.6) is 0 Å². The summed E-state index contributed by atoms with van der Waals surface area (Å²) in [6, 6.07) is 25.8. The molecule has 3 aliphatic heterocycles. The fraction of sp³-hybridized carbons (Fsp3) is 0.619. The highest BCUT2D eigenvalue weighted by Crippen LogP contribution is 2.44. The molecule has 3 fully saturated rings. The van der Waals surface area contributed by atoms with Crippen molar-refractivity contribution in [1.82, 2.24) is 4.90 Å². The third-order valence-electron chi connectivity index (χ3n) is 16.0. The smallest absolute Gasteiger partial charge is 0.459 e. The lowest BCUT2D eigenvalue weighted by Crippen LogP contribution is -2.63. The molecule has 1 amide bonds. The maximum Gasteiger partial charge on any atom is 0.509 e. The molecule has 22 nitrogen and oxygen atoms in total. The Morgan fingerprint density at radius 3 is 1.73 bits per heavy atom. The van der Waals surface area contributed by atoms with Crippen molar-refractivity contribution >= 4 is 36.3 Å². The van der Waals surface area contributed by atoms with Gasteiger partial charge in [0.1, 0.15) is 54.9 Å². The van der Waals surface area contributed by atoms with Crippen molar-refractivity contribution in [3.8, 4) is 0 Å². The second-order valence-electron chi connectivity index (χ2n) is 23.8. The highest BCUT2D eigenvalue weighted by molar-refractivity contribution is 5.75. The van der Waals surface area contributed by atoms with Gasteiger partial charge < -0.3 is 76.7 Å². The van der Waals surface area contributed by atoms with Gasteiger partial charge in [-0.25, -0.2) is 14.4 Å². The molecule has 0 unspecified atom stereocenters. The van der Waals surface area contributed by atoms with Gasteiger partial charge in [0.15, 0.2) is 24.8 Å². The van der Waals surface area contributed by atoms with Crippen molar-refractivity contribution in [1.29, 1.82) is 0 Å². The number of cyclic esters (lactones) is 2. The first kappa shape index (κ1) is 67.7. The number of hydrogen-bond donors (Lipinski definition) is 2. The minimum atomic E-state index is -2.23. The minimum Gasteiger partial charge on any atom is -0.459 e. The van der Waals surface area contributed by atoms with Gasteiger partial charge in [-0.05, 0) is 91.8 Å². The molecule has 3 aromatic rings. The van der Waals surface area contributed by atoms with Crippen molar-refractivity contribution < 1.29 is 101 Å². The number of ether oxygens (including phenoxy) is 13. The molecule has 85 heavy (non-hydrogen) atoms. The van der Waals surface area contributed by atoms with E-state index in [-0.39, 0.29) is 39.1 Å². The van der Waals surface area contributed by atoms with Crippen LogP contribution >= 0.6 is 0 Å². The highest BCUT2D eigenvalue weighted by atomic mass is 16.8. The number of benzene rings is 3. The molecule has 0 aliphatic carbocycles.